The Bertz CT molecular complexity index is 1180. The smallest absolute Gasteiger partial charge is 0.433 e. The van der Waals surface area contributed by atoms with Crippen molar-refractivity contribution in [3.63, 3.8) is 0 Å². The number of amides is 1. The van der Waals surface area contributed by atoms with Crippen LogP contribution in [0.2, 0.25) is 0 Å². The summed E-state index contributed by atoms with van der Waals surface area (Å²) in [6.07, 6.45) is 4.26. The summed E-state index contributed by atoms with van der Waals surface area (Å²) in [7, 11) is 0. The van der Waals surface area contributed by atoms with Crippen LogP contribution in [0.3, 0.4) is 0 Å². The number of anilines is 1. The third kappa shape index (κ3) is 4.99. The van der Waals surface area contributed by atoms with E-state index in [1.54, 1.807) is 11.3 Å². The highest BCUT2D eigenvalue weighted by Crippen LogP contribution is 2.33. The van der Waals surface area contributed by atoms with Crippen molar-refractivity contribution in [1.29, 1.82) is 0 Å². The van der Waals surface area contributed by atoms with Gasteiger partial charge in [-0.2, -0.15) is 13.2 Å². The van der Waals surface area contributed by atoms with Crippen LogP contribution in [0.15, 0.2) is 36.7 Å². The first-order valence-electron chi connectivity index (χ1n) is 10.8. The lowest BCUT2D eigenvalue weighted by Gasteiger charge is -2.19. The van der Waals surface area contributed by atoms with Gasteiger partial charge in [-0.25, -0.2) is 14.8 Å². The van der Waals surface area contributed by atoms with Gasteiger partial charge in [0.05, 0.1) is 23.6 Å². The SMILES string of the molecule is CCOC(=O)c1cc2nc(C3CCCCC3)cn2cc1NC(=O)c1cccc(C(F)(F)F)n1. The highest BCUT2D eigenvalue weighted by Gasteiger charge is 2.33. The monoisotopic (exact) mass is 460 g/mol. The average molecular weight is 460 g/mol. The Balaban J connectivity index is 1.69. The molecule has 7 nitrogen and oxygen atoms in total. The number of aromatic nitrogens is 3. The number of hydrogen-bond acceptors (Lipinski definition) is 5. The Kier molecular flexibility index (Phi) is 6.35. The zero-order valence-corrected chi connectivity index (χ0v) is 18.0. The van der Waals surface area contributed by atoms with Gasteiger partial charge in [0, 0.05) is 18.3 Å². The van der Waals surface area contributed by atoms with E-state index in [0.717, 1.165) is 43.5 Å². The zero-order chi connectivity index (χ0) is 23.6. The number of nitrogens with zero attached hydrogens (tertiary/aromatic N) is 3. The van der Waals surface area contributed by atoms with Gasteiger partial charge in [-0.3, -0.25) is 4.79 Å². The number of pyridine rings is 2. The third-order valence-electron chi connectivity index (χ3n) is 5.65. The van der Waals surface area contributed by atoms with Crippen LogP contribution in [0.25, 0.3) is 5.65 Å². The van der Waals surface area contributed by atoms with E-state index in [1.807, 2.05) is 6.20 Å². The van der Waals surface area contributed by atoms with Crippen molar-refractivity contribution >= 4 is 23.2 Å². The van der Waals surface area contributed by atoms with Crippen molar-refractivity contribution in [2.45, 2.75) is 51.1 Å². The Hall–Kier alpha value is -3.43. The van der Waals surface area contributed by atoms with Crippen LogP contribution in [0, 0.1) is 0 Å². The average Bonchev–Trinajstić information content (AvgIpc) is 3.22. The number of carbonyl (C=O) groups is 2. The van der Waals surface area contributed by atoms with Crippen molar-refractivity contribution in [2.24, 2.45) is 0 Å². The summed E-state index contributed by atoms with van der Waals surface area (Å²) < 4.78 is 45.7. The number of fused-ring (bicyclic) bond motifs is 1. The summed E-state index contributed by atoms with van der Waals surface area (Å²) in [6.45, 7) is 1.77. The fourth-order valence-electron chi connectivity index (χ4n) is 4.03. The molecule has 10 heteroatoms. The predicted octanol–water partition coefficient (Wildman–Crippen LogP) is 5.22. The zero-order valence-electron chi connectivity index (χ0n) is 18.0. The van der Waals surface area contributed by atoms with E-state index < -0.39 is 29.4 Å². The van der Waals surface area contributed by atoms with Crippen molar-refractivity contribution < 1.29 is 27.5 Å². The fourth-order valence-corrected chi connectivity index (χ4v) is 4.03. The molecule has 1 aliphatic carbocycles. The first-order chi connectivity index (χ1) is 15.8. The second-order valence-corrected chi connectivity index (χ2v) is 7.95. The summed E-state index contributed by atoms with van der Waals surface area (Å²) in [5.41, 5.74) is -0.0132. The number of ether oxygens (including phenoxy) is 1. The van der Waals surface area contributed by atoms with Crippen molar-refractivity contribution in [2.75, 3.05) is 11.9 Å². The maximum Gasteiger partial charge on any atom is 0.433 e. The minimum absolute atomic E-state index is 0.0606. The van der Waals surface area contributed by atoms with Crippen molar-refractivity contribution in [1.82, 2.24) is 14.4 Å². The molecule has 1 aliphatic rings. The molecule has 1 fully saturated rings. The third-order valence-corrected chi connectivity index (χ3v) is 5.65. The van der Waals surface area contributed by atoms with Gasteiger partial charge in [-0.15, -0.1) is 0 Å². The fraction of sp³-hybridized carbons (Fsp3) is 0.391. The van der Waals surface area contributed by atoms with Gasteiger partial charge in [0.1, 0.15) is 17.0 Å². The van der Waals surface area contributed by atoms with E-state index in [1.165, 1.54) is 24.8 Å². The lowest BCUT2D eigenvalue weighted by Crippen LogP contribution is -2.19. The molecule has 1 N–H and O–H groups in total. The molecule has 1 amide bonds. The quantitative estimate of drug-likeness (QED) is 0.528. The molecule has 0 aliphatic heterocycles. The molecule has 0 bridgehead atoms. The molecular weight excluding hydrogens is 437 g/mol. The predicted molar refractivity (Wildman–Crippen MR) is 114 cm³/mol. The number of rotatable bonds is 5. The summed E-state index contributed by atoms with van der Waals surface area (Å²) in [5.74, 6) is -1.22. The molecule has 3 aromatic heterocycles. The Morgan fingerprint density at radius 3 is 2.61 bits per heavy atom. The molecule has 0 unspecified atom stereocenters. The molecule has 1 saturated carbocycles. The number of hydrogen-bond donors (Lipinski definition) is 1. The first kappa shape index (κ1) is 22.8. The van der Waals surface area contributed by atoms with Gasteiger partial charge in [-0.1, -0.05) is 25.3 Å². The summed E-state index contributed by atoms with van der Waals surface area (Å²) >= 11 is 0. The van der Waals surface area contributed by atoms with Crippen LogP contribution in [0.1, 0.15) is 77.2 Å². The van der Waals surface area contributed by atoms with Crippen LogP contribution in [-0.2, 0) is 10.9 Å². The van der Waals surface area contributed by atoms with E-state index in [-0.39, 0.29) is 17.9 Å². The molecule has 33 heavy (non-hydrogen) atoms. The highest BCUT2D eigenvalue weighted by atomic mass is 19.4. The number of halogens is 3. The minimum Gasteiger partial charge on any atom is -0.462 e. The van der Waals surface area contributed by atoms with E-state index in [2.05, 4.69) is 15.3 Å². The standard InChI is InChI=1S/C23H23F3N4O3/c1-2-33-22(32)15-11-20-28-17(14-7-4-3-5-8-14)12-30(20)13-18(15)29-21(31)16-9-6-10-19(27-16)23(24,25)26/h6,9-14H,2-5,7-8H2,1H3,(H,29,31). The number of carbonyl (C=O) groups excluding carboxylic acids is 2. The second-order valence-electron chi connectivity index (χ2n) is 7.95. The summed E-state index contributed by atoms with van der Waals surface area (Å²) in [4.78, 5) is 33.3. The van der Waals surface area contributed by atoms with E-state index in [0.29, 0.717) is 11.6 Å². The normalized spacial score (nSPS) is 14.9. The van der Waals surface area contributed by atoms with Crippen molar-refractivity contribution in [3.05, 3.63) is 59.3 Å². The first-order valence-corrected chi connectivity index (χ1v) is 10.8. The number of esters is 1. The van der Waals surface area contributed by atoms with Crippen LogP contribution in [0.4, 0.5) is 18.9 Å². The molecule has 3 heterocycles. The van der Waals surface area contributed by atoms with E-state index in [9.17, 15) is 22.8 Å². The molecule has 0 saturated heterocycles. The number of imidazole rings is 1. The van der Waals surface area contributed by atoms with Gasteiger partial charge in [-0.05, 0) is 38.0 Å². The largest absolute Gasteiger partial charge is 0.462 e. The van der Waals surface area contributed by atoms with Gasteiger partial charge in [0.2, 0.25) is 0 Å². The van der Waals surface area contributed by atoms with Gasteiger partial charge >= 0.3 is 12.1 Å². The molecule has 0 radical (unpaired) electrons. The van der Waals surface area contributed by atoms with Gasteiger partial charge in [0.15, 0.2) is 0 Å². The van der Waals surface area contributed by atoms with Gasteiger partial charge < -0.3 is 14.5 Å². The molecular formula is C23H23F3N4O3. The molecule has 4 rings (SSSR count). The lowest BCUT2D eigenvalue weighted by atomic mass is 9.87. The Morgan fingerprint density at radius 1 is 1.15 bits per heavy atom. The van der Waals surface area contributed by atoms with E-state index >= 15 is 0 Å². The maximum atomic E-state index is 13.0. The molecule has 0 aromatic carbocycles. The summed E-state index contributed by atoms with van der Waals surface area (Å²) in [6, 6.07) is 4.57. The maximum absolute atomic E-state index is 13.0. The molecule has 3 aromatic rings. The Labute approximate surface area is 188 Å². The Morgan fingerprint density at radius 2 is 1.91 bits per heavy atom. The molecule has 0 spiro atoms. The number of nitrogens with one attached hydrogen (secondary N) is 1. The van der Waals surface area contributed by atoms with Crippen molar-refractivity contribution in [3.8, 4) is 0 Å². The molecule has 0 atom stereocenters. The van der Waals surface area contributed by atoms with Gasteiger partial charge in [0.25, 0.3) is 5.91 Å². The molecule has 174 valence electrons. The minimum atomic E-state index is -4.68. The second kappa shape index (κ2) is 9.21. The lowest BCUT2D eigenvalue weighted by molar-refractivity contribution is -0.141. The highest BCUT2D eigenvalue weighted by molar-refractivity contribution is 6.07. The van der Waals surface area contributed by atoms with Crippen LogP contribution in [-0.4, -0.2) is 32.9 Å². The van der Waals surface area contributed by atoms with Crippen LogP contribution >= 0.6 is 0 Å². The van der Waals surface area contributed by atoms with E-state index in [4.69, 9.17) is 4.74 Å². The van der Waals surface area contributed by atoms with Crippen LogP contribution < -0.4 is 5.32 Å². The topological polar surface area (TPSA) is 85.6 Å². The number of alkyl halides is 3. The summed E-state index contributed by atoms with van der Waals surface area (Å²) in [5, 5.41) is 2.51. The van der Waals surface area contributed by atoms with Crippen LogP contribution in [0.5, 0.6) is 0 Å².